The number of benzene rings is 1. The molecule has 1 aliphatic rings. The fourth-order valence-corrected chi connectivity index (χ4v) is 3.67. The van der Waals surface area contributed by atoms with Crippen LogP contribution >= 0.6 is 24.0 Å². The number of nitrogens with one attached hydrogen (secondary N) is 2. The Balaban J connectivity index is 0.00000261. The maximum Gasteiger partial charge on any atom is 0.191 e. The normalized spacial score (nSPS) is 14.9. The highest BCUT2D eigenvalue weighted by Gasteiger charge is 2.14. The third kappa shape index (κ3) is 5.46. The smallest absolute Gasteiger partial charge is 0.191 e. The van der Waals surface area contributed by atoms with E-state index < -0.39 is 0 Å². The summed E-state index contributed by atoms with van der Waals surface area (Å²) in [7, 11) is 1.81. The molecule has 1 heterocycles. The third-order valence-corrected chi connectivity index (χ3v) is 5.30. The van der Waals surface area contributed by atoms with Gasteiger partial charge in [-0.3, -0.25) is 4.99 Å². The van der Waals surface area contributed by atoms with Crippen LogP contribution in [0.3, 0.4) is 0 Å². The zero-order valence-electron chi connectivity index (χ0n) is 16.8. The van der Waals surface area contributed by atoms with Gasteiger partial charge in [0, 0.05) is 19.2 Å². The molecule has 0 radical (unpaired) electrons. The van der Waals surface area contributed by atoms with Gasteiger partial charge in [-0.05, 0) is 69.6 Å². The lowest BCUT2D eigenvalue weighted by Crippen LogP contribution is -2.39. The number of nitrogens with zero attached hydrogens (tertiary/aromatic N) is 2. The molecule has 2 aromatic rings. The van der Waals surface area contributed by atoms with E-state index >= 15 is 0 Å². The Morgan fingerprint density at radius 2 is 1.96 bits per heavy atom. The Bertz CT molecular complexity index is 765. The van der Waals surface area contributed by atoms with E-state index in [9.17, 15) is 0 Å². The molecule has 3 rings (SSSR count). The molecule has 148 valence electrons. The summed E-state index contributed by atoms with van der Waals surface area (Å²) in [6.45, 7) is 6.92. The van der Waals surface area contributed by atoms with Gasteiger partial charge >= 0.3 is 0 Å². The number of rotatable bonds is 5. The van der Waals surface area contributed by atoms with Crippen molar-refractivity contribution in [1.29, 1.82) is 0 Å². The van der Waals surface area contributed by atoms with Gasteiger partial charge in [0.1, 0.15) is 5.76 Å². The highest BCUT2D eigenvalue weighted by Crippen LogP contribution is 2.24. The van der Waals surface area contributed by atoms with Crippen molar-refractivity contribution in [3.8, 4) is 0 Å². The fraction of sp³-hybridized carbons (Fsp3) is 0.524. The van der Waals surface area contributed by atoms with Gasteiger partial charge < -0.3 is 15.2 Å². The predicted octanol–water partition coefficient (Wildman–Crippen LogP) is 4.26. The summed E-state index contributed by atoms with van der Waals surface area (Å²) in [6, 6.07) is 7.13. The number of halogens is 1. The average molecular weight is 482 g/mol. The molecule has 0 spiro atoms. The molecule has 1 aliphatic carbocycles. The number of aryl methyl sites for hydroxylation is 4. The molecule has 0 aliphatic heterocycles. The van der Waals surface area contributed by atoms with Crippen molar-refractivity contribution >= 4 is 29.9 Å². The minimum atomic E-state index is 0. The van der Waals surface area contributed by atoms with Crippen molar-refractivity contribution in [1.82, 2.24) is 15.8 Å². The van der Waals surface area contributed by atoms with Gasteiger partial charge in [0.15, 0.2) is 5.96 Å². The summed E-state index contributed by atoms with van der Waals surface area (Å²) in [5.74, 6) is 1.72. The van der Waals surface area contributed by atoms with Gasteiger partial charge in [0.2, 0.25) is 0 Å². The highest BCUT2D eigenvalue weighted by atomic mass is 127. The first-order valence-electron chi connectivity index (χ1n) is 9.59. The summed E-state index contributed by atoms with van der Waals surface area (Å²) >= 11 is 0. The van der Waals surface area contributed by atoms with Gasteiger partial charge in [0.05, 0.1) is 11.7 Å². The van der Waals surface area contributed by atoms with Crippen molar-refractivity contribution in [2.45, 2.75) is 58.9 Å². The second kappa shape index (κ2) is 10.1. The van der Waals surface area contributed by atoms with Crippen LogP contribution in [0.5, 0.6) is 0 Å². The Morgan fingerprint density at radius 3 is 2.63 bits per heavy atom. The van der Waals surface area contributed by atoms with Crippen LogP contribution in [0.25, 0.3) is 0 Å². The van der Waals surface area contributed by atoms with Gasteiger partial charge in [-0.25, -0.2) is 0 Å². The van der Waals surface area contributed by atoms with E-state index in [-0.39, 0.29) is 30.0 Å². The quantitative estimate of drug-likeness (QED) is 0.380. The largest absolute Gasteiger partial charge is 0.361 e. The second-order valence-electron chi connectivity index (χ2n) is 7.15. The topological polar surface area (TPSA) is 62.5 Å². The number of aromatic nitrogens is 1. The monoisotopic (exact) mass is 482 g/mol. The molecule has 0 saturated carbocycles. The van der Waals surface area contributed by atoms with Gasteiger partial charge in [0.25, 0.3) is 0 Å². The van der Waals surface area contributed by atoms with Gasteiger partial charge in [-0.15, -0.1) is 24.0 Å². The fourth-order valence-electron chi connectivity index (χ4n) is 3.67. The third-order valence-electron chi connectivity index (χ3n) is 5.30. The van der Waals surface area contributed by atoms with Crippen LogP contribution in [-0.4, -0.2) is 24.7 Å². The number of fused-ring (bicyclic) bond motifs is 1. The minimum Gasteiger partial charge on any atom is -0.361 e. The molecule has 2 N–H and O–H groups in total. The molecule has 5 nitrogen and oxygen atoms in total. The van der Waals surface area contributed by atoms with Crippen LogP contribution < -0.4 is 10.6 Å². The standard InChI is InChI=1S/C21H30N4O.HI/c1-14(18-10-9-17-7-5-6-8-19(17)13-18)24-21(22-4)23-12-11-20-15(2)25-26-16(20)3;/h9-10,13-14H,5-8,11-12H2,1-4H3,(H2,22,23,24);1H. The highest BCUT2D eigenvalue weighted by molar-refractivity contribution is 14.0. The van der Waals surface area contributed by atoms with E-state index in [1.165, 1.54) is 47.9 Å². The lowest BCUT2D eigenvalue weighted by atomic mass is 9.89. The average Bonchev–Trinajstić information content (AvgIpc) is 2.98. The molecular formula is C21H31IN4O. The molecule has 0 saturated heterocycles. The first-order valence-corrected chi connectivity index (χ1v) is 9.59. The molecule has 0 bridgehead atoms. The first kappa shape index (κ1) is 21.7. The maximum atomic E-state index is 5.22. The summed E-state index contributed by atoms with van der Waals surface area (Å²) in [5, 5.41) is 10.9. The van der Waals surface area contributed by atoms with Crippen LogP contribution in [-0.2, 0) is 19.3 Å². The maximum absolute atomic E-state index is 5.22. The Labute approximate surface area is 179 Å². The SMILES string of the molecule is CN=C(NCCc1c(C)noc1C)NC(C)c1ccc2c(c1)CCCC2.I. The van der Waals surface area contributed by atoms with Crippen molar-refractivity contribution < 1.29 is 4.52 Å². The second-order valence-corrected chi connectivity index (χ2v) is 7.15. The lowest BCUT2D eigenvalue weighted by molar-refractivity contribution is 0.392. The zero-order chi connectivity index (χ0) is 18.5. The number of aliphatic imine (C=N–C) groups is 1. The van der Waals surface area contributed by atoms with E-state index in [2.05, 4.69) is 45.9 Å². The van der Waals surface area contributed by atoms with Crippen molar-refractivity contribution in [3.05, 3.63) is 51.9 Å². The van der Waals surface area contributed by atoms with E-state index in [0.717, 1.165) is 30.4 Å². The van der Waals surface area contributed by atoms with E-state index in [1.54, 1.807) is 0 Å². The number of hydrogen-bond donors (Lipinski definition) is 2. The first-order chi connectivity index (χ1) is 12.6. The number of hydrogen-bond acceptors (Lipinski definition) is 3. The van der Waals surface area contributed by atoms with E-state index in [0.29, 0.717) is 0 Å². The Kier molecular flexibility index (Phi) is 8.13. The van der Waals surface area contributed by atoms with Gasteiger partial charge in [-0.1, -0.05) is 23.4 Å². The summed E-state index contributed by atoms with van der Waals surface area (Å²) in [6.07, 6.45) is 5.93. The van der Waals surface area contributed by atoms with Crippen molar-refractivity contribution in [3.63, 3.8) is 0 Å². The summed E-state index contributed by atoms with van der Waals surface area (Å²) < 4.78 is 5.22. The molecule has 1 atom stereocenters. The molecular weight excluding hydrogens is 451 g/mol. The van der Waals surface area contributed by atoms with Gasteiger partial charge in [-0.2, -0.15) is 0 Å². The van der Waals surface area contributed by atoms with Crippen molar-refractivity contribution in [2.24, 2.45) is 4.99 Å². The van der Waals surface area contributed by atoms with Crippen LogP contribution in [0, 0.1) is 13.8 Å². The zero-order valence-corrected chi connectivity index (χ0v) is 19.1. The van der Waals surface area contributed by atoms with Crippen LogP contribution in [0.4, 0.5) is 0 Å². The molecule has 0 fully saturated rings. The van der Waals surface area contributed by atoms with E-state index in [4.69, 9.17) is 4.52 Å². The predicted molar refractivity (Wildman–Crippen MR) is 121 cm³/mol. The molecule has 1 unspecified atom stereocenters. The molecule has 1 aromatic heterocycles. The van der Waals surface area contributed by atoms with Crippen LogP contribution in [0.15, 0.2) is 27.7 Å². The Morgan fingerprint density at radius 1 is 1.22 bits per heavy atom. The van der Waals surface area contributed by atoms with Crippen LogP contribution in [0.2, 0.25) is 0 Å². The number of guanidine groups is 1. The summed E-state index contributed by atoms with van der Waals surface area (Å²) in [4.78, 5) is 4.36. The molecule has 6 heteroatoms. The summed E-state index contributed by atoms with van der Waals surface area (Å²) in [5.41, 5.74) is 6.50. The van der Waals surface area contributed by atoms with Crippen molar-refractivity contribution in [2.75, 3.05) is 13.6 Å². The molecule has 27 heavy (non-hydrogen) atoms. The van der Waals surface area contributed by atoms with E-state index in [1.807, 2.05) is 20.9 Å². The lowest BCUT2D eigenvalue weighted by Gasteiger charge is -2.21. The molecule has 0 amide bonds. The minimum absolute atomic E-state index is 0. The Hall–Kier alpha value is -1.57. The molecule has 1 aromatic carbocycles. The van der Waals surface area contributed by atoms with Crippen LogP contribution in [0.1, 0.15) is 59.5 Å².